The molecule has 9 nitrogen and oxygen atoms in total. The number of anilines is 2. The molecule has 0 spiro atoms. The Balaban J connectivity index is 1.96. The second kappa shape index (κ2) is 11.0. The van der Waals surface area contributed by atoms with Gasteiger partial charge in [-0.2, -0.15) is 0 Å². The molecule has 0 bridgehead atoms. The molecule has 0 aliphatic heterocycles. The average molecular weight is 505 g/mol. The quantitative estimate of drug-likeness (QED) is 0.449. The molecule has 0 aliphatic carbocycles. The SMILES string of the molecule is COc1ccc(NC(=O)CN(c2ccc(F)cc2)S(=O)(=O)c2ccc(OC)c(OC)c2)cc1OC. The van der Waals surface area contributed by atoms with E-state index >= 15 is 0 Å². The number of ether oxygens (including phenoxy) is 4. The van der Waals surface area contributed by atoms with Crippen LogP contribution in [-0.4, -0.2) is 49.3 Å². The zero-order chi connectivity index (χ0) is 25.6. The van der Waals surface area contributed by atoms with Crippen LogP contribution in [0.2, 0.25) is 0 Å². The van der Waals surface area contributed by atoms with Crippen molar-refractivity contribution in [1.82, 2.24) is 0 Å². The second-order valence-corrected chi connectivity index (χ2v) is 8.99. The van der Waals surface area contributed by atoms with Crippen LogP contribution in [0.25, 0.3) is 0 Å². The second-order valence-electron chi connectivity index (χ2n) is 7.12. The Bertz CT molecular complexity index is 1300. The average Bonchev–Trinajstić information content (AvgIpc) is 2.87. The van der Waals surface area contributed by atoms with Crippen LogP contribution in [0.4, 0.5) is 15.8 Å². The fourth-order valence-electron chi connectivity index (χ4n) is 3.27. The number of nitrogens with one attached hydrogen (secondary N) is 1. The molecule has 11 heteroatoms. The van der Waals surface area contributed by atoms with Gasteiger partial charge in [-0.15, -0.1) is 0 Å². The lowest BCUT2D eigenvalue weighted by Gasteiger charge is -2.24. The summed E-state index contributed by atoms with van der Waals surface area (Å²) < 4.78 is 62.4. The minimum atomic E-state index is -4.27. The lowest BCUT2D eigenvalue weighted by Crippen LogP contribution is -2.38. The standard InChI is InChI=1S/C24H25FN2O7S/c1-31-20-11-7-17(13-22(20)33-3)26-24(28)15-27(18-8-5-16(25)6-9-18)35(29,30)19-10-12-21(32-2)23(14-19)34-4/h5-14H,15H2,1-4H3,(H,26,28). The molecule has 1 amide bonds. The highest BCUT2D eigenvalue weighted by Crippen LogP contribution is 2.33. The van der Waals surface area contributed by atoms with Crippen molar-refractivity contribution in [2.24, 2.45) is 0 Å². The van der Waals surface area contributed by atoms with Crippen LogP contribution in [0, 0.1) is 5.82 Å². The summed E-state index contributed by atoms with van der Waals surface area (Å²) in [6, 6.07) is 13.6. The van der Waals surface area contributed by atoms with Gasteiger partial charge in [-0.05, 0) is 48.5 Å². The van der Waals surface area contributed by atoms with Crippen LogP contribution in [-0.2, 0) is 14.8 Å². The van der Waals surface area contributed by atoms with Crippen LogP contribution in [0.15, 0.2) is 65.6 Å². The van der Waals surface area contributed by atoms with Gasteiger partial charge in [0, 0.05) is 17.8 Å². The minimum Gasteiger partial charge on any atom is -0.493 e. The number of amides is 1. The molecule has 0 atom stereocenters. The van der Waals surface area contributed by atoms with Crippen molar-refractivity contribution in [2.75, 3.05) is 44.6 Å². The number of carbonyl (C=O) groups is 1. The molecule has 0 saturated carbocycles. The molecular weight excluding hydrogens is 479 g/mol. The number of hydrogen-bond donors (Lipinski definition) is 1. The summed E-state index contributed by atoms with van der Waals surface area (Å²) in [5.74, 6) is 0.207. The number of halogens is 1. The van der Waals surface area contributed by atoms with E-state index in [1.807, 2.05) is 0 Å². The fourth-order valence-corrected chi connectivity index (χ4v) is 4.71. The van der Waals surface area contributed by atoms with Gasteiger partial charge in [0.25, 0.3) is 10.0 Å². The number of carbonyl (C=O) groups excluding carboxylic acids is 1. The zero-order valence-corrected chi connectivity index (χ0v) is 20.4. The van der Waals surface area contributed by atoms with Crippen LogP contribution in [0.5, 0.6) is 23.0 Å². The summed E-state index contributed by atoms with van der Waals surface area (Å²) >= 11 is 0. The van der Waals surface area contributed by atoms with E-state index in [2.05, 4.69) is 5.32 Å². The Morgan fingerprint density at radius 3 is 1.91 bits per heavy atom. The normalized spacial score (nSPS) is 10.9. The summed E-state index contributed by atoms with van der Waals surface area (Å²) in [5, 5.41) is 2.64. The number of methoxy groups -OCH3 is 4. The van der Waals surface area contributed by atoms with Gasteiger partial charge >= 0.3 is 0 Å². The van der Waals surface area contributed by atoms with Gasteiger partial charge in [-0.1, -0.05) is 0 Å². The van der Waals surface area contributed by atoms with E-state index < -0.39 is 28.3 Å². The first kappa shape index (κ1) is 25.6. The Morgan fingerprint density at radius 2 is 1.34 bits per heavy atom. The molecule has 0 fully saturated rings. The predicted molar refractivity (Wildman–Crippen MR) is 129 cm³/mol. The molecule has 0 unspecified atom stereocenters. The van der Waals surface area contributed by atoms with Gasteiger partial charge in [-0.3, -0.25) is 9.10 Å². The van der Waals surface area contributed by atoms with Crippen molar-refractivity contribution in [3.05, 3.63) is 66.5 Å². The van der Waals surface area contributed by atoms with E-state index in [4.69, 9.17) is 18.9 Å². The molecule has 0 aliphatic rings. The van der Waals surface area contributed by atoms with Crippen molar-refractivity contribution in [3.63, 3.8) is 0 Å². The van der Waals surface area contributed by atoms with Crippen LogP contribution < -0.4 is 28.6 Å². The molecule has 186 valence electrons. The maximum atomic E-state index is 13.6. The molecule has 0 saturated heterocycles. The first-order valence-corrected chi connectivity index (χ1v) is 11.7. The number of rotatable bonds is 10. The van der Waals surface area contributed by atoms with Gasteiger partial charge in [0.15, 0.2) is 23.0 Å². The smallest absolute Gasteiger partial charge is 0.264 e. The topological polar surface area (TPSA) is 103 Å². The van der Waals surface area contributed by atoms with E-state index in [1.165, 1.54) is 58.8 Å². The van der Waals surface area contributed by atoms with Crippen molar-refractivity contribution >= 4 is 27.3 Å². The highest BCUT2D eigenvalue weighted by Gasteiger charge is 2.28. The molecule has 3 rings (SSSR count). The largest absolute Gasteiger partial charge is 0.493 e. The van der Waals surface area contributed by atoms with E-state index in [1.54, 1.807) is 18.2 Å². The Morgan fingerprint density at radius 1 is 0.800 bits per heavy atom. The van der Waals surface area contributed by atoms with Gasteiger partial charge in [0.05, 0.1) is 39.0 Å². The Labute approximate surface area is 203 Å². The monoisotopic (exact) mass is 504 g/mol. The van der Waals surface area contributed by atoms with E-state index in [0.717, 1.165) is 16.4 Å². The van der Waals surface area contributed by atoms with Gasteiger partial charge in [0.2, 0.25) is 5.91 Å². The van der Waals surface area contributed by atoms with Crippen molar-refractivity contribution < 1.29 is 36.6 Å². The van der Waals surface area contributed by atoms with Crippen LogP contribution in [0.1, 0.15) is 0 Å². The summed E-state index contributed by atoms with van der Waals surface area (Å²) in [6.45, 7) is -0.587. The maximum Gasteiger partial charge on any atom is 0.264 e. The number of benzene rings is 3. The minimum absolute atomic E-state index is 0.101. The lowest BCUT2D eigenvalue weighted by molar-refractivity contribution is -0.114. The molecule has 0 heterocycles. The summed E-state index contributed by atoms with van der Waals surface area (Å²) in [5.41, 5.74) is 0.471. The fraction of sp³-hybridized carbons (Fsp3) is 0.208. The summed E-state index contributed by atoms with van der Waals surface area (Å²) in [6.07, 6.45) is 0. The highest BCUT2D eigenvalue weighted by molar-refractivity contribution is 7.92. The third-order valence-electron chi connectivity index (χ3n) is 5.01. The molecule has 0 radical (unpaired) electrons. The van der Waals surface area contributed by atoms with Crippen LogP contribution in [0.3, 0.4) is 0 Å². The molecule has 3 aromatic rings. The molecule has 1 N–H and O–H groups in total. The Hall–Kier alpha value is -3.99. The number of hydrogen-bond acceptors (Lipinski definition) is 7. The highest BCUT2D eigenvalue weighted by atomic mass is 32.2. The Kier molecular flexibility index (Phi) is 8.02. The zero-order valence-electron chi connectivity index (χ0n) is 19.6. The first-order chi connectivity index (χ1) is 16.7. The van der Waals surface area contributed by atoms with Crippen molar-refractivity contribution in [3.8, 4) is 23.0 Å². The number of sulfonamides is 1. The third kappa shape index (κ3) is 5.75. The first-order valence-electron chi connectivity index (χ1n) is 10.3. The van der Waals surface area contributed by atoms with E-state index in [-0.39, 0.29) is 16.3 Å². The molecule has 35 heavy (non-hydrogen) atoms. The van der Waals surface area contributed by atoms with Crippen molar-refractivity contribution in [2.45, 2.75) is 4.90 Å². The number of nitrogens with zero attached hydrogens (tertiary/aromatic N) is 1. The van der Waals surface area contributed by atoms with Gasteiger partial charge < -0.3 is 24.3 Å². The lowest BCUT2D eigenvalue weighted by atomic mass is 10.2. The van der Waals surface area contributed by atoms with E-state index in [9.17, 15) is 17.6 Å². The maximum absolute atomic E-state index is 13.6. The molecule has 3 aromatic carbocycles. The summed E-state index contributed by atoms with van der Waals surface area (Å²) in [7, 11) is 1.47. The van der Waals surface area contributed by atoms with E-state index in [0.29, 0.717) is 22.9 Å². The predicted octanol–water partition coefficient (Wildman–Crippen LogP) is 3.69. The van der Waals surface area contributed by atoms with Crippen molar-refractivity contribution in [1.29, 1.82) is 0 Å². The molecule has 0 aromatic heterocycles. The third-order valence-corrected chi connectivity index (χ3v) is 6.78. The summed E-state index contributed by atoms with van der Waals surface area (Å²) in [4.78, 5) is 12.8. The van der Waals surface area contributed by atoms with Gasteiger partial charge in [-0.25, -0.2) is 12.8 Å². The van der Waals surface area contributed by atoms with Crippen LogP contribution >= 0.6 is 0 Å². The molecular formula is C24H25FN2O7S. The van der Waals surface area contributed by atoms with Gasteiger partial charge in [0.1, 0.15) is 12.4 Å².